The molecule has 0 unspecified atom stereocenters. The van der Waals surface area contributed by atoms with Gasteiger partial charge in [0.05, 0.1) is 18.8 Å². The van der Waals surface area contributed by atoms with E-state index < -0.39 is 18.9 Å². The first-order valence-electron chi connectivity index (χ1n) is 4.64. The van der Waals surface area contributed by atoms with Crippen molar-refractivity contribution < 1.29 is 23.1 Å². The molecule has 1 N–H and O–H groups in total. The standard InChI is InChI=1S/C9H12F2N2O3/c1-6-8(16-5-12-6)9(15)13(2-3-14)4-7(10)11/h5,7,14H,2-4H2,1H3. The summed E-state index contributed by atoms with van der Waals surface area (Å²) < 4.78 is 29.2. The van der Waals surface area contributed by atoms with E-state index >= 15 is 0 Å². The van der Waals surface area contributed by atoms with E-state index in [2.05, 4.69) is 4.98 Å². The zero-order chi connectivity index (χ0) is 12.1. The molecule has 0 aliphatic carbocycles. The highest BCUT2D eigenvalue weighted by molar-refractivity contribution is 5.92. The zero-order valence-corrected chi connectivity index (χ0v) is 8.69. The van der Waals surface area contributed by atoms with Gasteiger partial charge in [0.2, 0.25) is 5.76 Å². The lowest BCUT2D eigenvalue weighted by Gasteiger charge is -2.19. The minimum Gasteiger partial charge on any atom is -0.438 e. The summed E-state index contributed by atoms with van der Waals surface area (Å²) in [5.41, 5.74) is 0.335. The van der Waals surface area contributed by atoms with E-state index in [1.165, 1.54) is 6.92 Å². The van der Waals surface area contributed by atoms with Gasteiger partial charge in [0.1, 0.15) is 0 Å². The Bertz CT molecular complexity index is 354. The van der Waals surface area contributed by atoms with E-state index in [1.807, 2.05) is 0 Å². The number of carbonyl (C=O) groups is 1. The summed E-state index contributed by atoms with van der Waals surface area (Å²) >= 11 is 0. The summed E-state index contributed by atoms with van der Waals surface area (Å²) in [6, 6.07) is 0. The number of hydrogen-bond acceptors (Lipinski definition) is 4. The third-order valence-electron chi connectivity index (χ3n) is 1.96. The lowest BCUT2D eigenvalue weighted by Crippen LogP contribution is -2.37. The first-order chi connectivity index (χ1) is 7.56. The number of amides is 1. The van der Waals surface area contributed by atoms with Crippen molar-refractivity contribution in [3.63, 3.8) is 0 Å². The molecule has 16 heavy (non-hydrogen) atoms. The Morgan fingerprint density at radius 1 is 1.69 bits per heavy atom. The van der Waals surface area contributed by atoms with Crippen molar-refractivity contribution in [1.82, 2.24) is 9.88 Å². The van der Waals surface area contributed by atoms with Gasteiger partial charge >= 0.3 is 0 Å². The van der Waals surface area contributed by atoms with Crippen molar-refractivity contribution in [3.8, 4) is 0 Å². The van der Waals surface area contributed by atoms with Gasteiger partial charge in [0.15, 0.2) is 6.39 Å². The molecule has 0 aromatic carbocycles. The molecule has 0 bridgehead atoms. The van der Waals surface area contributed by atoms with Crippen LogP contribution in [-0.2, 0) is 0 Å². The number of hydrogen-bond donors (Lipinski definition) is 1. The molecule has 1 amide bonds. The van der Waals surface area contributed by atoms with E-state index in [1.54, 1.807) is 0 Å². The van der Waals surface area contributed by atoms with Crippen molar-refractivity contribution in [2.45, 2.75) is 13.3 Å². The monoisotopic (exact) mass is 234 g/mol. The largest absolute Gasteiger partial charge is 0.438 e. The maximum Gasteiger partial charge on any atom is 0.291 e. The van der Waals surface area contributed by atoms with Gasteiger partial charge in [-0.25, -0.2) is 13.8 Å². The summed E-state index contributed by atoms with van der Waals surface area (Å²) in [6.07, 6.45) is -1.58. The van der Waals surface area contributed by atoms with Crippen LogP contribution in [-0.4, -0.2) is 47.0 Å². The fourth-order valence-electron chi connectivity index (χ4n) is 1.21. The highest BCUT2D eigenvalue weighted by Gasteiger charge is 2.23. The molecule has 0 atom stereocenters. The van der Waals surface area contributed by atoms with Crippen molar-refractivity contribution in [3.05, 3.63) is 17.8 Å². The van der Waals surface area contributed by atoms with Gasteiger partial charge < -0.3 is 14.4 Å². The van der Waals surface area contributed by atoms with Crippen molar-refractivity contribution in [2.24, 2.45) is 0 Å². The van der Waals surface area contributed by atoms with Crippen LogP contribution in [0.2, 0.25) is 0 Å². The number of alkyl halides is 2. The van der Waals surface area contributed by atoms with Gasteiger partial charge in [0.25, 0.3) is 12.3 Å². The van der Waals surface area contributed by atoms with Gasteiger partial charge in [-0.2, -0.15) is 0 Å². The molecule has 0 spiro atoms. The number of halogens is 2. The van der Waals surface area contributed by atoms with Crippen LogP contribution >= 0.6 is 0 Å². The second-order valence-electron chi connectivity index (χ2n) is 3.13. The molecule has 1 aromatic heterocycles. The number of oxazole rings is 1. The molecule has 1 rings (SSSR count). The second-order valence-corrected chi connectivity index (χ2v) is 3.13. The van der Waals surface area contributed by atoms with Crippen molar-refractivity contribution in [2.75, 3.05) is 19.7 Å². The Balaban J connectivity index is 2.78. The van der Waals surface area contributed by atoms with Crippen LogP contribution in [0.15, 0.2) is 10.8 Å². The van der Waals surface area contributed by atoms with Crippen LogP contribution in [0.5, 0.6) is 0 Å². The van der Waals surface area contributed by atoms with Crippen LogP contribution < -0.4 is 0 Å². The summed E-state index contributed by atoms with van der Waals surface area (Å²) in [5.74, 6) is -0.765. The molecule has 7 heteroatoms. The molecular formula is C9H12F2N2O3. The SMILES string of the molecule is Cc1ncoc1C(=O)N(CCO)CC(F)F. The zero-order valence-electron chi connectivity index (χ0n) is 8.69. The number of rotatable bonds is 5. The number of aliphatic hydroxyl groups is 1. The summed E-state index contributed by atoms with van der Waals surface area (Å²) in [5, 5.41) is 8.68. The predicted molar refractivity (Wildman–Crippen MR) is 50.2 cm³/mol. The Morgan fingerprint density at radius 3 is 2.81 bits per heavy atom. The number of aryl methyl sites for hydroxylation is 1. The van der Waals surface area contributed by atoms with Gasteiger partial charge in [-0.1, -0.05) is 0 Å². The summed E-state index contributed by atoms with van der Waals surface area (Å²) in [7, 11) is 0. The van der Waals surface area contributed by atoms with Crippen LogP contribution in [0, 0.1) is 6.92 Å². The normalized spacial score (nSPS) is 10.8. The van der Waals surface area contributed by atoms with E-state index in [4.69, 9.17) is 9.52 Å². The van der Waals surface area contributed by atoms with Gasteiger partial charge in [-0.15, -0.1) is 0 Å². The molecule has 5 nitrogen and oxygen atoms in total. The third kappa shape index (κ3) is 2.99. The number of aliphatic hydroxyl groups excluding tert-OH is 1. The quantitative estimate of drug-likeness (QED) is 0.813. The van der Waals surface area contributed by atoms with Gasteiger partial charge in [0, 0.05) is 6.54 Å². The second kappa shape index (κ2) is 5.55. The first-order valence-corrected chi connectivity index (χ1v) is 4.64. The van der Waals surface area contributed by atoms with Gasteiger partial charge in [-0.3, -0.25) is 4.79 Å². The molecule has 90 valence electrons. The first kappa shape index (κ1) is 12.6. The van der Waals surface area contributed by atoms with E-state index in [9.17, 15) is 13.6 Å². The van der Waals surface area contributed by atoms with Crippen LogP contribution in [0.3, 0.4) is 0 Å². The van der Waals surface area contributed by atoms with E-state index in [-0.39, 0.29) is 18.9 Å². The molecular weight excluding hydrogens is 222 g/mol. The van der Waals surface area contributed by atoms with Gasteiger partial charge in [-0.05, 0) is 6.92 Å². The Kier molecular flexibility index (Phi) is 4.36. The fourth-order valence-corrected chi connectivity index (χ4v) is 1.21. The molecule has 1 aromatic rings. The highest BCUT2D eigenvalue weighted by Crippen LogP contribution is 2.10. The average Bonchev–Trinajstić information content (AvgIpc) is 2.62. The van der Waals surface area contributed by atoms with Crippen molar-refractivity contribution in [1.29, 1.82) is 0 Å². The summed E-state index contributed by atoms with van der Waals surface area (Å²) in [4.78, 5) is 16.2. The highest BCUT2D eigenvalue weighted by atomic mass is 19.3. The van der Waals surface area contributed by atoms with E-state index in [0.717, 1.165) is 11.3 Å². The van der Waals surface area contributed by atoms with Crippen molar-refractivity contribution >= 4 is 5.91 Å². The Labute approximate surface area is 90.7 Å². The maximum atomic E-state index is 12.2. The number of carbonyl (C=O) groups excluding carboxylic acids is 1. The van der Waals surface area contributed by atoms with Crippen LogP contribution in [0.25, 0.3) is 0 Å². The molecule has 0 aliphatic heterocycles. The molecule has 0 saturated heterocycles. The lowest BCUT2D eigenvalue weighted by atomic mass is 10.3. The lowest BCUT2D eigenvalue weighted by molar-refractivity contribution is 0.0482. The number of aromatic nitrogens is 1. The number of nitrogens with zero attached hydrogens (tertiary/aromatic N) is 2. The fraction of sp³-hybridized carbons (Fsp3) is 0.556. The summed E-state index contributed by atoms with van der Waals surface area (Å²) in [6.45, 7) is 0.255. The van der Waals surface area contributed by atoms with Crippen LogP contribution in [0.4, 0.5) is 8.78 Å². The maximum absolute atomic E-state index is 12.2. The molecule has 1 heterocycles. The molecule has 0 aliphatic rings. The molecule has 0 radical (unpaired) electrons. The Morgan fingerprint density at radius 2 is 2.38 bits per heavy atom. The predicted octanol–water partition coefficient (Wildman–Crippen LogP) is 0.683. The smallest absolute Gasteiger partial charge is 0.291 e. The minimum absolute atomic E-state index is 0.0749. The molecule has 0 fully saturated rings. The topological polar surface area (TPSA) is 66.6 Å². The van der Waals surface area contributed by atoms with Crippen LogP contribution in [0.1, 0.15) is 16.2 Å². The third-order valence-corrected chi connectivity index (χ3v) is 1.96. The van der Waals surface area contributed by atoms with E-state index in [0.29, 0.717) is 5.69 Å². The minimum atomic E-state index is -2.65. The molecule has 0 saturated carbocycles. The average molecular weight is 234 g/mol. The Hall–Kier alpha value is -1.50.